The summed E-state index contributed by atoms with van der Waals surface area (Å²) in [7, 11) is 0. The Morgan fingerprint density at radius 3 is 2.94 bits per heavy atom. The molecule has 1 aliphatic rings. The summed E-state index contributed by atoms with van der Waals surface area (Å²) in [6, 6.07) is 5.03. The third kappa shape index (κ3) is 3.97. The molecule has 94 valence electrons. The molecular weight excluding hydrogens is 301 g/mol. The van der Waals surface area contributed by atoms with Gasteiger partial charge in [0.15, 0.2) is 0 Å². The fraction of sp³-hybridized carbons (Fsp3) is 0.538. The lowest BCUT2D eigenvalue weighted by atomic mass is 10.1. The van der Waals surface area contributed by atoms with Crippen LogP contribution in [0, 0.1) is 5.82 Å². The molecule has 1 atom stereocenters. The molecule has 1 fully saturated rings. The number of rotatable bonds is 4. The van der Waals surface area contributed by atoms with Gasteiger partial charge in [-0.2, -0.15) is 11.8 Å². The van der Waals surface area contributed by atoms with Gasteiger partial charge in [0.25, 0.3) is 0 Å². The van der Waals surface area contributed by atoms with Gasteiger partial charge in [0, 0.05) is 22.3 Å². The quantitative estimate of drug-likeness (QED) is 0.902. The van der Waals surface area contributed by atoms with Gasteiger partial charge in [0.1, 0.15) is 5.82 Å². The van der Waals surface area contributed by atoms with Crippen LogP contribution in [0.3, 0.4) is 0 Å². The Kier molecular flexibility index (Phi) is 4.50. The molecule has 0 aliphatic carbocycles. The summed E-state index contributed by atoms with van der Waals surface area (Å²) in [5.74, 6) is 1.08. The van der Waals surface area contributed by atoms with E-state index >= 15 is 0 Å². The van der Waals surface area contributed by atoms with E-state index in [1.54, 1.807) is 6.07 Å². The standard InChI is InChI=1S/C13H17BrFNS/c1-13(3-2-4-17-13)9-16-8-10-5-11(14)7-12(15)6-10/h5-7,16H,2-4,8-9H2,1H3. The molecule has 0 amide bonds. The van der Waals surface area contributed by atoms with Crippen LogP contribution in [0.25, 0.3) is 0 Å². The minimum atomic E-state index is -0.183. The first-order chi connectivity index (χ1) is 8.07. The van der Waals surface area contributed by atoms with Gasteiger partial charge in [-0.15, -0.1) is 0 Å². The predicted molar refractivity (Wildman–Crippen MR) is 75.9 cm³/mol. The Balaban J connectivity index is 1.85. The minimum absolute atomic E-state index is 0.183. The van der Waals surface area contributed by atoms with Gasteiger partial charge in [-0.3, -0.25) is 0 Å². The zero-order valence-corrected chi connectivity index (χ0v) is 12.3. The summed E-state index contributed by atoms with van der Waals surface area (Å²) < 4.78 is 14.3. The molecule has 1 unspecified atom stereocenters. The smallest absolute Gasteiger partial charge is 0.124 e. The van der Waals surface area contributed by atoms with Crippen molar-refractivity contribution in [3.8, 4) is 0 Å². The Morgan fingerprint density at radius 2 is 2.29 bits per heavy atom. The summed E-state index contributed by atoms with van der Waals surface area (Å²) in [6.45, 7) is 4.03. The molecule has 1 saturated heterocycles. The Morgan fingerprint density at radius 1 is 1.47 bits per heavy atom. The number of benzene rings is 1. The fourth-order valence-electron chi connectivity index (χ4n) is 2.16. The molecule has 1 aromatic carbocycles. The molecule has 1 nitrogen and oxygen atoms in total. The molecule has 0 saturated carbocycles. The summed E-state index contributed by atoms with van der Waals surface area (Å²) in [6.07, 6.45) is 2.59. The molecule has 4 heteroatoms. The van der Waals surface area contributed by atoms with Crippen LogP contribution in [0.5, 0.6) is 0 Å². The number of nitrogens with one attached hydrogen (secondary N) is 1. The predicted octanol–water partition coefficient (Wildman–Crippen LogP) is 3.96. The maximum atomic E-state index is 13.2. The summed E-state index contributed by atoms with van der Waals surface area (Å²) in [4.78, 5) is 0. The van der Waals surface area contributed by atoms with E-state index in [-0.39, 0.29) is 5.82 Å². The van der Waals surface area contributed by atoms with Crippen LogP contribution >= 0.6 is 27.7 Å². The molecule has 0 aromatic heterocycles. The topological polar surface area (TPSA) is 12.0 Å². The van der Waals surface area contributed by atoms with Crippen LogP contribution in [0.2, 0.25) is 0 Å². The average Bonchev–Trinajstić information content (AvgIpc) is 2.64. The van der Waals surface area contributed by atoms with Crippen LogP contribution in [0.1, 0.15) is 25.3 Å². The Hall–Kier alpha value is -0.0600. The van der Waals surface area contributed by atoms with E-state index < -0.39 is 0 Å². The molecule has 0 spiro atoms. The van der Waals surface area contributed by atoms with Gasteiger partial charge >= 0.3 is 0 Å². The highest BCUT2D eigenvalue weighted by Crippen LogP contribution is 2.36. The van der Waals surface area contributed by atoms with Crippen LogP contribution in [0.15, 0.2) is 22.7 Å². The van der Waals surface area contributed by atoms with Crippen molar-refractivity contribution in [1.82, 2.24) is 5.32 Å². The Bertz CT molecular complexity index is 371. The molecule has 1 aromatic rings. The van der Waals surface area contributed by atoms with E-state index in [1.807, 2.05) is 17.8 Å². The van der Waals surface area contributed by atoms with Crippen LogP contribution in [-0.4, -0.2) is 17.0 Å². The van der Waals surface area contributed by atoms with E-state index in [0.717, 1.165) is 23.1 Å². The van der Waals surface area contributed by atoms with Crippen molar-refractivity contribution in [2.75, 3.05) is 12.3 Å². The fourth-order valence-corrected chi connectivity index (χ4v) is 3.95. The molecule has 0 radical (unpaired) electrons. The van der Waals surface area contributed by atoms with E-state index in [9.17, 15) is 4.39 Å². The van der Waals surface area contributed by atoms with Crippen molar-refractivity contribution in [3.05, 3.63) is 34.1 Å². The summed E-state index contributed by atoms with van der Waals surface area (Å²) in [5, 5.41) is 3.43. The highest BCUT2D eigenvalue weighted by atomic mass is 79.9. The van der Waals surface area contributed by atoms with Crippen LogP contribution in [-0.2, 0) is 6.54 Å². The zero-order valence-electron chi connectivity index (χ0n) is 9.93. The second-order valence-electron chi connectivity index (χ2n) is 4.78. The van der Waals surface area contributed by atoms with Crippen molar-refractivity contribution in [2.45, 2.75) is 31.1 Å². The van der Waals surface area contributed by atoms with Crippen molar-refractivity contribution < 1.29 is 4.39 Å². The van der Waals surface area contributed by atoms with Crippen molar-refractivity contribution >= 4 is 27.7 Å². The first-order valence-corrected chi connectivity index (χ1v) is 7.65. The summed E-state index contributed by atoms with van der Waals surface area (Å²) >= 11 is 5.35. The second-order valence-corrected chi connectivity index (χ2v) is 7.38. The lowest BCUT2D eigenvalue weighted by Crippen LogP contribution is -2.32. The third-order valence-electron chi connectivity index (χ3n) is 3.05. The molecule has 1 aliphatic heterocycles. The van der Waals surface area contributed by atoms with Gasteiger partial charge in [-0.25, -0.2) is 4.39 Å². The monoisotopic (exact) mass is 317 g/mol. The van der Waals surface area contributed by atoms with Crippen molar-refractivity contribution in [2.24, 2.45) is 0 Å². The summed E-state index contributed by atoms with van der Waals surface area (Å²) in [5.41, 5.74) is 0.989. The van der Waals surface area contributed by atoms with E-state index in [2.05, 4.69) is 28.2 Å². The van der Waals surface area contributed by atoms with E-state index in [1.165, 1.54) is 24.7 Å². The van der Waals surface area contributed by atoms with Crippen molar-refractivity contribution in [1.29, 1.82) is 0 Å². The number of halogens is 2. The SMILES string of the molecule is CC1(CNCc2cc(F)cc(Br)c2)CCCS1. The van der Waals surface area contributed by atoms with Gasteiger partial charge in [0.2, 0.25) is 0 Å². The second kappa shape index (κ2) is 5.72. The lowest BCUT2D eigenvalue weighted by molar-refractivity contribution is 0.535. The van der Waals surface area contributed by atoms with Crippen LogP contribution in [0.4, 0.5) is 4.39 Å². The lowest BCUT2D eigenvalue weighted by Gasteiger charge is -2.23. The first-order valence-electron chi connectivity index (χ1n) is 5.87. The van der Waals surface area contributed by atoms with Crippen molar-refractivity contribution in [3.63, 3.8) is 0 Å². The maximum absolute atomic E-state index is 13.2. The van der Waals surface area contributed by atoms with Crippen LogP contribution < -0.4 is 5.32 Å². The highest BCUT2D eigenvalue weighted by molar-refractivity contribution is 9.10. The van der Waals surface area contributed by atoms with Gasteiger partial charge in [-0.1, -0.05) is 15.9 Å². The molecule has 1 N–H and O–H groups in total. The number of thioether (sulfide) groups is 1. The van der Waals surface area contributed by atoms with Gasteiger partial charge in [-0.05, 0) is 49.3 Å². The zero-order chi connectivity index (χ0) is 12.3. The third-order valence-corrected chi connectivity index (χ3v) is 5.05. The largest absolute Gasteiger partial charge is 0.311 e. The number of hydrogen-bond donors (Lipinski definition) is 1. The molecule has 2 rings (SSSR count). The molecular formula is C13H17BrFNS. The van der Waals surface area contributed by atoms with Gasteiger partial charge < -0.3 is 5.32 Å². The molecule has 0 bridgehead atoms. The molecule has 1 heterocycles. The number of hydrogen-bond acceptors (Lipinski definition) is 2. The van der Waals surface area contributed by atoms with E-state index in [0.29, 0.717) is 4.75 Å². The Labute approximate surface area is 115 Å². The van der Waals surface area contributed by atoms with Gasteiger partial charge in [0.05, 0.1) is 0 Å². The molecule has 17 heavy (non-hydrogen) atoms. The van der Waals surface area contributed by atoms with E-state index in [4.69, 9.17) is 0 Å². The average molecular weight is 318 g/mol. The minimum Gasteiger partial charge on any atom is -0.311 e. The highest BCUT2D eigenvalue weighted by Gasteiger charge is 2.28. The normalized spacial score (nSPS) is 24.2. The maximum Gasteiger partial charge on any atom is 0.124 e. The first kappa shape index (κ1) is 13.4.